The molecule has 8 aromatic rings. The molecule has 2 heterocycles. The lowest BCUT2D eigenvalue weighted by Crippen LogP contribution is -2.25. The summed E-state index contributed by atoms with van der Waals surface area (Å²) in [5, 5.41) is 15.8. The Morgan fingerprint density at radius 3 is 1.52 bits per heavy atom. The van der Waals surface area contributed by atoms with Gasteiger partial charge in [-0.1, -0.05) is 152 Å². The van der Waals surface area contributed by atoms with Crippen molar-refractivity contribution in [1.29, 1.82) is 0 Å². The average molecular weight is 1000 g/mol. The van der Waals surface area contributed by atoms with Gasteiger partial charge in [-0.25, -0.2) is 9.97 Å². The van der Waals surface area contributed by atoms with Crippen LogP contribution in [0.3, 0.4) is 0 Å². The molecule has 1 atom stereocenters. The minimum absolute atomic E-state index is 0.0601. The number of para-hydroxylation sites is 3. The quantitative estimate of drug-likeness (QED) is 0.160. The van der Waals surface area contributed by atoms with Crippen molar-refractivity contribution in [2.24, 2.45) is 0 Å². The Bertz CT molecular complexity index is 3320. The second-order valence-electron chi connectivity index (χ2n) is 17.5. The van der Waals surface area contributed by atoms with E-state index in [2.05, 4.69) is 50.8 Å². The Labute approximate surface area is 418 Å². The molecule has 1 aromatic heterocycles. The van der Waals surface area contributed by atoms with Crippen LogP contribution in [0, 0.1) is 6.92 Å². The summed E-state index contributed by atoms with van der Waals surface area (Å²) in [5.74, 6) is 1.35. The van der Waals surface area contributed by atoms with E-state index in [-0.39, 0.29) is 23.2 Å². The lowest BCUT2D eigenvalue weighted by atomic mass is 9.91. The van der Waals surface area contributed by atoms with E-state index in [0.717, 1.165) is 33.2 Å². The molecule has 67 heavy (non-hydrogen) atoms. The number of Topliss-reactive ketones (excluding diaryl/α,β-unsaturated/α-hetero) is 1. The molecule has 0 radical (unpaired) electrons. The van der Waals surface area contributed by atoms with Gasteiger partial charge in [-0.05, 0) is 125 Å². The van der Waals surface area contributed by atoms with E-state index in [9.17, 15) is 9.90 Å². The smallest absolute Gasteiger partial charge is 0.192 e. The lowest BCUT2D eigenvalue weighted by Gasteiger charge is -2.32. The van der Waals surface area contributed by atoms with Gasteiger partial charge in [0.1, 0.15) is 11.9 Å². The highest BCUT2D eigenvalue weighted by atomic mass is 35.5. The molecule has 0 saturated carbocycles. The van der Waals surface area contributed by atoms with Crippen LogP contribution in [0.5, 0.6) is 0 Å². The first kappa shape index (κ1) is 45.4. The number of ketones is 1. The molecule has 0 bridgehead atoms. The maximum atomic E-state index is 14.6. The number of nitrogens with zero attached hydrogens (tertiary/aromatic N) is 4. The van der Waals surface area contributed by atoms with Gasteiger partial charge in [0.25, 0.3) is 0 Å². The van der Waals surface area contributed by atoms with Crippen LogP contribution >= 0.6 is 69.6 Å². The van der Waals surface area contributed by atoms with Crippen LogP contribution in [0.1, 0.15) is 78.2 Å². The van der Waals surface area contributed by atoms with Crippen molar-refractivity contribution in [3.05, 3.63) is 197 Å². The van der Waals surface area contributed by atoms with Crippen LogP contribution in [-0.4, -0.2) is 20.9 Å². The molecule has 1 N–H and O–H groups in total. The molecule has 6 nitrogen and oxygen atoms in total. The fourth-order valence-corrected chi connectivity index (χ4v) is 11.5. The Kier molecular flexibility index (Phi) is 11.9. The minimum Gasteiger partial charge on any atom is -0.383 e. The van der Waals surface area contributed by atoms with Gasteiger partial charge in [0.05, 0.1) is 42.5 Å². The van der Waals surface area contributed by atoms with Crippen molar-refractivity contribution in [2.45, 2.75) is 52.6 Å². The summed E-state index contributed by atoms with van der Waals surface area (Å²) >= 11 is 42.0. The van der Waals surface area contributed by atoms with Crippen LogP contribution in [0.4, 0.5) is 23.0 Å². The fourth-order valence-electron chi connectivity index (χ4n) is 9.42. The standard InChI is InChI=1S/C55H40Cl6N4O2/c1-27(2)34-13-10-14-35(28(3)4)50(34)64-47(18-17-36-52(66)37-21-30-11-6-7-12-31(30)22-38(37)53(36)67)65(55-54(64)62-45-15-8-9-16-46(45)63-55)51-39(48-41(58)23-32(56)24-42(48)59)19-29(5)20-40(51)49-43(60)25-33(57)26-44(49)61/h6-28,52,66H,1-5H3/b36-17+,47-18+. The van der Waals surface area contributed by atoms with Crippen molar-refractivity contribution in [1.82, 2.24) is 9.97 Å². The number of hydrogen-bond acceptors (Lipinski definition) is 6. The maximum absolute atomic E-state index is 14.6. The number of fused-ring (bicyclic) bond motifs is 4. The highest BCUT2D eigenvalue weighted by Crippen LogP contribution is 2.58. The fraction of sp³-hybridized carbons (Fsp3) is 0.145. The van der Waals surface area contributed by atoms with Crippen molar-refractivity contribution in [2.75, 3.05) is 9.80 Å². The molecule has 0 fully saturated rings. The largest absolute Gasteiger partial charge is 0.383 e. The van der Waals surface area contributed by atoms with Crippen LogP contribution in [0.25, 0.3) is 44.1 Å². The first-order chi connectivity index (χ1) is 32.1. The number of carbonyl (C=O) groups excluding carboxylic acids is 1. The van der Waals surface area contributed by atoms with E-state index in [1.54, 1.807) is 30.3 Å². The molecule has 1 unspecified atom stereocenters. The topological polar surface area (TPSA) is 69.6 Å². The van der Waals surface area contributed by atoms with E-state index in [0.29, 0.717) is 97.7 Å². The van der Waals surface area contributed by atoms with E-state index in [4.69, 9.17) is 79.6 Å². The van der Waals surface area contributed by atoms with Gasteiger partial charge in [0.2, 0.25) is 0 Å². The monoisotopic (exact) mass is 998 g/mol. The highest BCUT2D eigenvalue weighted by Gasteiger charge is 2.42. The zero-order valence-corrected chi connectivity index (χ0v) is 41.3. The van der Waals surface area contributed by atoms with Crippen LogP contribution in [-0.2, 0) is 0 Å². The molecule has 0 saturated heterocycles. The number of anilines is 4. The molecule has 334 valence electrons. The molecular weight excluding hydrogens is 961 g/mol. The number of hydrogen-bond donors (Lipinski definition) is 1. The van der Waals surface area contributed by atoms with E-state index in [1.165, 1.54) is 0 Å². The number of halogens is 6. The predicted molar refractivity (Wildman–Crippen MR) is 280 cm³/mol. The van der Waals surface area contributed by atoms with Gasteiger partial charge in [-0.15, -0.1) is 0 Å². The molecule has 7 aromatic carbocycles. The van der Waals surface area contributed by atoms with E-state index >= 15 is 0 Å². The number of aromatic nitrogens is 2. The molecular formula is C55H40Cl6N4O2. The van der Waals surface area contributed by atoms with Crippen molar-refractivity contribution in [3.8, 4) is 22.3 Å². The minimum atomic E-state index is -1.20. The van der Waals surface area contributed by atoms with Crippen molar-refractivity contribution in [3.63, 3.8) is 0 Å². The van der Waals surface area contributed by atoms with Gasteiger partial charge < -0.3 is 5.11 Å². The zero-order valence-electron chi connectivity index (χ0n) is 36.8. The Hall–Kier alpha value is -5.41. The first-order valence-electron chi connectivity index (χ1n) is 21.7. The summed E-state index contributed by atoms with van der Waals surface area (Å²) in [6, 6.07) is 36.2. The molecule has 0 amide bonds. The van der Waals surface area contributed by atoms with Crippen LogP contribution in [0.2, 0.25) is 30.1 Å². The summed E-state index contributed by atoms with van der Waals surface area (Å²) in [5.41, 5.74) is 9.08. The van der Waals surface area contributed by atoms with Gasteiger partial charge in [-0.3, -0.25) is 14.6 Å². The van der Waals surface area contributed by atoms with Crippen molar-refractivity contribution >= 4 is 120 Å². The molecule has 1 aliphatic heterocycles. The van der Waals surface area contributed by atoms with E-state index in [1.807, 2.05) is 90.7 Å². The van der Waals surface area contributed by atoms with Crippen molar-refractivity contribution < 1.29 is 9.90 Å². The molecule has 12 heteroatoms. The Balaban J connectivity index is 1.37. The van der Waals surface area contributed by atoms with Gasteiger partial charge >= 0.3 is 0 Å². The van der Waals surface area contributed by atoms with Crippen LogP contribution in [0.15, 0.2) is 139 Å². The Morgan fingerprint density at radius 1 is 0.567 bits per heavy atom. The molecule has 10 rings (SSSR count). The third-order valence-electron chi connectivity index (χ3n) is 12.4. The average Bonchev–Trinajstić information content (AvgIpc) is 3.70. The molecule has 0 spiro atoms. The van der Waals surface area contributed by atoms with Gasteiger partial charge in [0, 0.05) is 43.4 Å². The number of aryl methyl sites for hydroxylation is 1. The third kappa shape index (κ3) is 7.77. The summed E-state index contributed by atoms with van der Waals surface area (Å²) in [7, 11) is 0. The maximum Gasteiger partial charge on any atom is 0.192 e. The van der Waals surface area contributed by atoms with Crippen LogP contribution < -0.4 is 9.80 Å². The number of aliphatic hydroxyl groups excluding tert-OH is 1. The number of allylic oxidation sites excluding steroid dienone is 2. The summed E-state index contributed by atoms with van der Waals surface area (Å²) in [4.78, 5) is 29.6. The molecule has 1 aliphatic carbocycles. The van der Waals surface area contributed by atoms with E-state index < -0.39 is 6.10 Å². The highest BCUT2D eigenvalue weighted by molar-refractivity contribution is 6.43. The second kappa shape index (κ2) is 17.6. The zero-order chi connectivity index (χ0) is 47.2. The second-order valence-corrected chi connectivity index (χ2v) is 20.0. The predicted octanol–water partition coefficient (Wildman–Crippen LogP) is 17.6. The van der Waals surface area contributed by atoms with Gasteiger partial charge in [-0.2, -0.15) is 0 Å². The number of carbonyl (C=O) groups is 1. The number of benzene rings is 7. The summed E-state index contributed by atoms with van der Waals surface area (Å²) in [6.07, 6.45) is 2.37. The number of aliphatic hydroxyl groups is 1. The van der Waals surface area contributed by atoms with Gasteiger partial charge in [0.15, 0.2) is 17.4 Å². The number of rotatable bonds is 7. The third-order valence-corrected chi connectivity index (χ3v) is 14.1. The lowest BCUT2D eigenvalue weighted by molar-refractivity contribution is 0.101. The first-order valence-corrected chi connectivity index (χ1v) is 24.0. The normalized spacial score (nSPS) is 15.9. The SMILES string of the molecule is Cc1cc(-c2c(Cl)cc(Cl)cc2Cl)c(N2/C(=C/C=C3/C(=O)c4cc5ccccc5cc4C3O)N(c3c(C(C)C)cccc3C(C)C)c3nc4ccccc4nc32)c(-c2c(Cl)cc(Cl)cc2Cl)c1. The Morgan fingerprint density at radius 2 is 1.03 bits per heavy atom. The molecule has 2 aliphatic rings. The summed E-state index contributed by atoms with van der Waals surface area (Å²) < 4.78 is 0. The summed E-state index contributed by atoms with van der Waals surface area (Å²) in [6.45, 7) is 10.6.